The van der Waals surface area contributed by atoms with Crippen molar-refractivity contribution >= 4 is 21.5 Å². The fourth-order valence-corrected chi connectivity index (χ4v) is 4.51. The van der Waals surface area contributed by atoms with Crippen molar-refractivity contribution in [1.29, 1.82) is 0 Å². The maximum Gasteiger partial charge on any atom is 0.120 e. The molecule has 1 aliphatic rings. The SMILES string of the molecule is NCc1occc1C1CCc2c(ccc3c2ccc2ccccc23)C1. The third-order valence-electron chi connectivity index (χ3n) is 5.75. The fourth-order valence-electron chi connectivity index (χ4n) is 4.51. The van der Waals surface area contributed by atoms with E-state index in [4.69, 9.17) is 10.2 Å². The van der Waals surface area contributed by atoms with Gasteiger partial charge in [0.15, 0.2) is 0 Å². The van der Waals surface area contributed by atoms with Crippen LogP contribution in [0.5, 0.6) is 0 Å². The van der Waals surface area contributed by atoms with E-state index in [1.165, 1.54) is 38.2 Å². The number of rotatable bonds is 2. The van der Waals surface area contributed by atoms with Crippen molar-refractivity contribution < 1.29 is 4.42 Å². The zero-order chi connectivity index (χ0) is 16.8. The third-order valence-corrected chi connectivity index (χ3v) is 5.75. The van der Waals surface area contributed by atoms with E-state index in [2.05, 4.69) is 54.6 Å². The van der Waals surface area contributed by atoms with E-state index in [1.807, 2.05) is 0 Å². The molecule has 25 heavy (non-hydrogen) atoms. The van der Waals surface area contributed by atoms with Crippen LogP contribution in [-0.2, 0) is 19.4 Å². The molecule has 0 bridgehead atoms. The summed E-state index contributed by atoms with van der Waals surface area (Å²) in [6, 6.07) is 20.0. The van der Waals surface area contributed by atoms with Crippen LogP contribution in [0.2, 0.25) is 0 Å². The minimum atomic E-state index is 0.482. The molecule has 5 rings (SSSR count). The monoisotopic (exact) mass is 327 g/mol. The Morgan fingerprint density at radius 3 is 2.72 bits per heavy atom. The molecule has 124 valence electrons. The van der Waals surface area contributed by atoms with Crippen LogP contribution in [-0.4, -0.2) is 0 Å². The van der Waals surface area contributed by atoms with E-state index < -0.39 is 0 Å². The van der Waals surface area contributed by atoms with Gasteiger partial charge in [0.2, 0.25) is 0 Å². The molecule has 1 heterocycles. The van der Waals surface area contributed by atoms with Crippen LogP contribution in [0.25, 0.3) is 21.5 Å². The van der Waals surface area contributed by atoms with E-state index in [9.17, 15) is 0 Å². The predicted molar refractivity (Wildman–Crippen MR) is 103 cm³/mol. The molecule has 1 atom stereocenters. The highest BCUT2D eigenvalue weighted by atomic mass is 16.3. The van der Waals surface area contributed by atoms with Crippen LogP contribution < -0.4 is 5.73 Å². The standard InChI is InChI=1S/C23H21NO/c24-14-23-20(11-12-25-23)17-6-8-19-16(13-17)7-10-21-18-4-2-1-3-15(18)5-9-22(19)21/h1-5,7,9-12,17H,6,8,13-14,24H2. The van der Waals surface area contributed by atoms with E-state index in [-0.39, 0.29) is 0 Å². The van der Waals surface area contributed by atoms with Crippen LogP contribution in [0.3, 0.4) is 0 Å². The largest absolute Gasteiger partial charge is 0.468 e. The number of furan rings is 1. The van der Waals surface area contributed by atoms with Gasteiger partial charge in [-0.05, 0) is 69.5 Å². The summed E-state index contributed by atoms with van der Waals surface area (Å²) in [7, 11) is 0. The van der Waals surface area contributed by atoms with Crippen molar-refractivity contribution in [2.75, 3.05) is 0 Å². The van der Waals surface area contributed by atoms with Crippen LogP contribution in [0.4, 0.5) is 0 Å². The first-order valence-corrected chi connectivity index (χ1v) is 9.03. The number of hydrogen-bond acceptors (Lipinski definition) is 2. The molecule has 1 aromatic heterocycles. The quantitative estimate of drug-likeness (QED) is 0.506. The number of nitrogens with two attached hydrogens (primary N) is 1. The lowest BCUT2D eigenvalue weighted by Crippen LogP contribution is -2.14. The number of hydrogen-bond donors (Lipinski definition) is 1. The number of fused-ring (bicyclic) bond motifs is 5. The molecular weight excluding hydrogens is 306 g/mol. The van der Waals surface area contributed by atoms with Gasteiger partial charge in [-0.3, -0.25) is 0 Å². The Bertz CT molecular complexity index is 1080. The van der Waals surface area contributed by atoms with Crippen molar-refractivity contribution in [3.63, 3.8) is 0 Å². The van der Waals surface area contributed by atoms with Crippen LogP contribution in [0, 0.1) is 0 Å². The molecule has 0 radical (unpaired) electrons. The molecule has 2 heteroatoms. The minimum Gasteiger partial charge on any atom is -0.468 e. The first-order chi connectivity index (χ1) is 12.3. The molecule has 1 unspecified atom stereocenters. The van der Waals surface area contributed by atoms with Gasteiger partial charge in [-0.25, -0.2) is 0 Å². The second-order valence-corrected chi connectivity index (χ2v) is 7.03. The van der Waals surface area contributed by atoms with Gasteiger partial charge in [0.1, 0.15) is 5.76 Å². The van der Waals surface area contributed by atoms with Crippen molar-refractivity contribution in [2.24, 2.45) is 5.73 Å². The molecule has 0 saturated heterocycles. The van der Waals surface area contributed by atoms with E-state index in [1.54, 1.807) is 6.26 Å². The summed E-state index contributed by atoms with van der Waals surface area (Å²) in [6.45, 7) is 0.482. The Labute approximate surface area is 147 Å². The topological polar surface area (TPSA) is 39.2 Å². The van der Waals surface area contributed by atoms with Crippen molar-refractivity contribution in [3.8, 4) is 0 Å². The average Bonchev–Trinajstić information content (AvgIpc) is 3.16. The lowest BCUT2D eigenvalue weighted by Gasteiger charge is -2.26. The summed E-state index contributed by atoms with van der Waals surface area (Å²) < 4.78 is 5.55. The van der Waals surface area contributed by atoms with E-state index >= 15 is 0 Å². The Morgan fingerprint density at radius 2 is 1.80 bits per heavy atom. The maximum absolute atomic E-state index is 5.83. The highest BCUT2D eigenvalue weighted by molar-refractivity contribution is 6.08. The highest BCUT2D eigenvalue weighted by Gasteiger charge is 2.24. The maximum atomic E-state index is 5.83. The molecule has 0 spiro atoms. The molecule has 1 aliphatic carbocycles. The van der Waals surface area contributed by atoms with Crippen LogP contribution >= 0.6 is 0 Å². The second-order valence-electron chi connectivity index (χ2n) is 7.03. The summed E-state index contributed by atoms with van der Waals surface area (Å²) >= 11 is 0. The predicted octanol–water partition coefficient (Wildman–Crippen LogP) is 5.32. The van der Waals surface area contributed by atoms with Gasteiger partial charge in [-0.1, -0.05) is 48.5 Å². The fraction of sp³-hybridized carbons (Fsp3) is 0.217. The lowest BCUT2D eigenvalue weighted by molar-refractivity contribution is 0.493. The molecular formula is C23H21NO. The smallest absolute Gasteiger partial charge is 0.120 e. The Kier molecular flexibility index (Phi) is 3.39. The lowest BCUT2D eigenvalue weighted by atomic mass is 9.78. The van der Waals surface area contributed by atoms with Gasteiger partial charge in [0.25, 0.3) is 0 Å². The van der Waals surface area contributed by atoms with E-state index in [0.717, 1.165) is 25.0 Å². The van der Waals surface area contributed by atoms with Gasteiger partial charge in [0.05, 0.1) is 12.8 Å². The first-order valence-electron chi connectivity index (χ1n) is 9.03. The average molecular weight is 327 g/mol. The molecule has 0 fully saturated rings. The Morgan fingerprint density at radius 1 is 0.920 bits per heavy atom. The van der Waals surface area contributed by atoms with Crippen LogP contribution in [0.15, 0.2) is 65.3 Å². The van der Waals surface area contributed by atoms with E-state index in [0.29, 0.717) is 12.5 Å². The zero-order valence-electron chi connectivity index (χ0n) is 14.2. The van der Waals surface area contributed by atoms with Crippen molar-refractivity contribution in [3.05, 3.63) is 83.3 Å². The van der Waals surface area contributed by atoms with Gasteiger partial charge < -0.3 is 10.2 Å². The zero-order valence-corrected chi connectivity index (χ0v) is 14.2. The highest BCUT2D eigenvalue weighted by Crippen LogP contribution is 2.39. The molecule has 4 aromatic rings. The Balaban J connectivity index is 1.61. The molecule has 0 amide bonds. The van der Waals surface area contributed by atoms with Gasteiger partial charge >= 0.3 is 0 Å². The van der Waals surface area contributed by atoms with Gasteiger partial charge in [-0.2, -0.15) is 0 Å². The summed E-state index contributed by atoms with van der Waals surface area (Å²) in [4.78, 5) is 0. The van der Waals surface area contributed by atoms with Gasteiger partial charge in [-0.15, -0.1) is 0 Å². The minimum absolute atomic E-state index is 0.482. The summed E-state index contributed by atoms with van der Waals surface area (Å²) in [5.74, 6) is 1.46. The van der Waals surface area contributed by atoms with Crippen molar-refractivity contribution in [2.45, 2.75) is 31.7 Å². The number of benzene rings is 3. The van der Waals surface area contributed by atoms with Gasteiger partial charge in [0, 0.05) is 0 Å². The molecule has 2 nitrogen and oxygen atoms in total. The summed E-state index contributed by atoms with van der Waals surface area (Å²) in [6.07, 6.45) is 5.13. The molecule has 3 aromatic carbocycles. The Hall–Kier alpha value is -2.58. The number of aryl methyl sites for hydroxylation is 1. The molecule has 0 saturated carbocycles. The third kappa shape index (κ3) is 2.29. The first kappa shape index (κ1) is 14.7. The molecule has 2 N–H and O–H groups in total. The van der Waals surface area contributed by atoms with Crippen LogP contribution in [0.1, 0.15) is 34.8 Å². The molecule has 0 aliphatic heterocycles. The normalized spacial score (nSPS) is 17.1. The summed E-state index contributed by atoms with van der Waals surface area (Å²) in [5.41, 5.74) is 10.1. The van der Waals surface area contributed by atoms with Crippen molar-refractivity contribution in [1.82, 2.24) is 0 Å². The second kappa shape index (κ2) is 5.75. The summed E-state index contributed by atoms with van der Waals surface area (Å²) in [5, 5.41) is 5.46.